The van der Waals surface area contributed by atoms with Gasteiger partial charge in [0.2, 0.25) is 0 Å². The molecule has 0 radical (unpaired) electrons. The molecule has 1 aromatic rings. The quantitative estimate of drug-likeness (QED) is 0.738. The predicted molar refractivity (Wildman–Crippen MR) is 93.6 cm³/mol. The maximum atomic E-state index is 12.5. The van der Waals surface area contributed by atoms with Crippen molar-refractivity contribution in [1.29, 1.82) is 0 Å². The Morgan fingerprint density at radius 3 is 2.22 bits per heavy atom. The second-order valence-electron chi connectivity index (χ2n) is 7.63. The van der Waals surface area contributed by atoms with E-state index in [2.05, 4.69) is 0 Å². The molecule has 3 rings (SSSR count). The topological polar surface area (TPSA) is 93.2 Å². The number of nitrogens with zero attached hydrogens (tertiary/aromatic N) is 2. The Hall–Kier alpha value is -2.90. The van der Waals surface area contributed by atoms with Crippen molar-refractivity contribution in [2.24, 2.45) is 5.92 Å². The second-order valence-corrected chi connectivity index (χ2v) is 7.63. The number of piperidine rings is 1. The first-order valence-corrected chi connectivity index (χ1v) is 8.85. The smallest absolute Gasteiger partial charge is 0.410 e. The highest BCUT2D eigenvalue weighted by atomic mass is 16.7. The predicted octanol–water partition coefficient (Wildman–Crippen LogP) is 2.39. The maximum Gasteiger partial charge on any atom is 0.410 e. The van der Waals surface area contributed by atoms with Crippen molar-refractivity contribution in [3.8, 4) is 0 Å². The molecule has 1 saturated heterocycles. The number of carbonyl (C=O) groups is 4. The molecule has 0 N–H and O–H groups in total. The van der Waals surface area contributed by atoms with E-state index in [1.54, 1.807) is 32.9 Å². The first kappa shape index (κ1) is 18.9. The van der Waals surface area contributed by atoms with Gasteiger partial charge in [0.1, 0.15) is 5.60 Å². The molecule has 27 heavy (non-hydrogen) atoms. The van der Waals surface area contributed by atoms with Gasteiger partial charge in [-0.25, -0.2) is 9.59 Å². The SMILES string of the molecule is CC(C)(C)OC(=O)N1CCC[C@H](C(=O)ON2C(=O)c3ccccc3C2=O)C1. The Balaban J connectivity index is 1.64. The monoisotopic (exact) mass is 374 g/mol. The van der Waals surface area contributed by atoms with E-state index >= 15 is 0 Å². The fourth-order valence-electron chi connectivity index (χ4n) is 3.08. The van der Waals surface area contributed by atoms with Crippen LogP contribution in [-0.2, 0) is 14.4 Å². The lowest BCUT2D eigenvalue weighted by atomic mass is 9.99. The third kappa shape index (κ3) is 3.94. The molecule has 0 bridgehead atoms. The molecule has 3 amide bonds. The van der Waals surface area contributed by atoms with Gasteiger partial charge in [-0.2, -0.15) is 0 Å². The Kier molecular flexibility index (Phi) is 4.91. The largest absolute Gasteiger partial charge is 0.444 e. The van der Waals surface area contributed by atoms with Crippen LogP contribution in [0.3, 0.4) is 0 Å². The summed E-state index contributed by atoms with van der Waals surface area (Å²) in [4.78, 5) is 55.9. The number of amides is 3. The summed E-state index contributed by atoms with van der Waals surface area (Å²) in [7, 11) is 0. The van der Waals surface area contributed by atoms with E-state index in [9.17, 15) is 19.2 Å². The summed E-state index contributed by atoms with van der Waals surface area (Å²) in [5, 5.41) is 0.499. The average molecular weight is 374 g/mol. The van der Waals surface area contributed by atoms with Crippen molar-refractivity contribution in [2.75, 3.05) is 13.1 Å². The molecule has 1 fully saturated rings. The normalized spacial score (nSPS) is 19.7. The van der Waals surface area contributed by atoms with Gasteiger partial charge in [0.05, 0.1) is 17.0 Å². The minimum Gasteiger partial charge on any atom is -0.444 e. The van der Waals surface area contributed by atoms with Crippen LogP contribution in [-0.4, -0.2) is 52.5 Å². The van der Waals surface area contributed by atoms with Crippen LogP contribution in [0.2, 0.25) is 0 Å². The second kappa shape index (κ2) is 7.02. The van der Waals surface area contributed by atoms with Crippen LogP contribution in [0, 0.1) is 5.92 Å². The molecule has 0 aliphatic carbocycles. The number of carbonyl (C=O) groups excluding carboxylic acids is 4. The van der Waals surface area contributed by atoms with E-state index in [0.717, 1.165) is 0 Å². The lowest BCUT2D eigenvalue weighted by Gasteiger charge is -2.33. The van der Waals surface area contributed by atoms with Gasteiger partial charge in [-0.1, -0.05) is 17.2 Å². The fraction of sp³-hybridized carbons (Fsp3) is 0.474. The molecule has 1 atom stereocenters. The Labute approximate surface area is 157 Å². The summed E-state index contributed by atoms with van der Waals surface area (Å²) in [6.07, 6.45) is 0.600. The van der Waals surface area contributed by atoms with Gasteiger partial charge in [-0.05, 0) is 45.7 Å². The molecule has 2 aliphatic heterocycles. The minimum atomic E-state index is -0.710. The van der Waals surface area contributed by atoms with E-state index < -0.39 is 35.4 Å². The highest BCUT2D eigenvalue weighted by Crippen LogP contribution is 2.25. The number of imide groups is 1. The fourth-order valence-corrected chi connectivity index (χ4v) is 3.08. The average Bonchev–Trinajstić information content (AvgIpc) is 2.86. The number of fused-ring (bicyclic) bond motifs is 1. The Bertz CT molecular complexity index is 763. The molecule has 2 aliphatic rings. The van der Waals surface area contributed by atoms with E-state index in [1.165, 1.54) is 17.0 Å². The van der Waals surface area contributed by atoms with Crippen molar-refractivity contribution < 1.29 is 28.8 Å². The van der Waals surface area contributed by atoms with Gasteiger partial charge in [0.25, 0.3) is 11.8 Å². The number of likely N-dealkylation sites (tertiary alicyclic amines) is 1. The molecular formula is C19H22N2O6. The van der Waals surface area contributed by atoms with Crippen LogP contribution in [0.5, 0.6) is 0 Å². The Morgan fingerprint density at radius 1 is 1.07 bits per heavy atom. The van der Waals surface area contributed by atoms with E-state index in [1.807, 2.05) is 0 Å². The molecule has 2 heterocycles. The van der Waals surface area contributed by atoms with Gasteiger partial charge in [0.15, 0.2) is 0 Å². The first-order chi connectivity index (χ1) is 12.7. The third-order valence-corrected chi connectivity index (χ3v) is 4.34. The van der Waals surface area contributed by atoms with Gasteiger partial charge in [-0.3, -0.25) is 9.59 Å². The van der Waals surface area contributed by atoms with Gasteiger partial charge in [-0.15, -0.1) is 0 Å². The van der Waals surface area contributed by atoms with Crippen LogP contribution < -0.4 is 0 Å². The van der Waals surface area contributed by atoms with Crippen LogP contribution in [0.1, 0.15) is 54.3 Å². The molecule has 8 nitrogen and oxygen atoms in total. The van der Waals surface area contributed by atoms with Crippen molar-refractivity contribution in [1.82, 2.24) is 9.96 Å². The minimum absolute atomic E-state index is 0.122. The van der Waals surface area contributed by atoms with Gasteiger partial charge in [0, 0.05) is 13.1 Å². The summed E-state index contributed by atoms with van der Waals surface area (Å²) in [6, 6.07) is 6.28. The lowest BCUT2D eigenvalue weighted by molar-refractivity contribution is -0.175. The van der Waals surface area contributed by atoms with Gasteiger partial charge < -0.3 is 14.5 Å². The van der Waals surface area contributed by atoms with E-state index in [0.29, 0.717) is 24.4 Å². The molecule has 0 unspecified atom stereocenters. The van der Waals surface area contributed by atoms with Gasteiger partial charge >= 0.3 is 12.1 Å². The number of hydrogen-bond acceptors (Lipinski definition) is 6. The Morgan fingerprint density at radius 2 is 1.67 bits per heavy atom. The van der Waals surface area contributed by atoms with Crippen molar-refractivity contribution in [3.63, 3.8) is 0 Å². The van der Waals surface area contributed by atoms with Crippen molar-refractivity contribution in [3.05, 3.63) is 35.4 Å². The molecular weight excluding hydrogens is 352 g/mol. The van der Waals surface area contributed by atoms with Crippen LogP contribution in [0.4, 0.5) is 4.79 Å². The summed E-state index contributed by atoms with van der Waals surface area (Å²) in [5.41, 5.74) is -0.228. The summed E-state index contributed by atoms with van der Waals surface area (Å²) in [5.74, 6) is -2.67. The van der Waals surface area contributed by atoms with Crippen molar-refractivity contribution >= 4 is 23.9 Å². The lowest BCUT2D eigenvalue weighted by Crippen LogP contribution is -2.46. The number of hydrogen-bond donors (Lipinski definition) is 0. The van der Waals surface area contributed by atoms with E-state index in [4.69, 9.17) is 9.57 Å². The number of ether oxygens (including phenoxy) is 1. The van der Waals surface area contributed by atoms with Crippen LogP contribution in [0.15, 0.2) is 24.3 Å². The zero-order chi connectivity index (χ0) is 19.8. The molecule has 0 spiro atoms. The molecule has 1 aromatic carbocycles. The van der Waals surface area contributed by atoms with Crippen molar-refractivity contribution in [2.45, 2.75) is 39.2 Å². The first-order valence-electron chi connectivity index (χ1n) is 8.85. The van der Waals surface area contributed by atoms with E-state index in [-0.39, 0.29) is 17.7 Å². The molecule has 8 heteroatoms. The van der Waals surface area contributed by atoms with Crippen LogP contribution in [0.25, 0.3) is 0 Å². The summed E-state index contributed by atoms with van der Waals surface area (Å²) in [6.45, 7) is 5.90. The van der Waals surface area contributed by atoms with Crippen LogP contribution >= 0.6 is 0 Å². The standard InChI is InChI=1S/C19H22N2O6/c1-19(2,3)26-18(25)20-10-6-7-12(11-20)17(24)27-21-15(22)13-8-4-5-9-14(13)16(21)23/h4-5,8-9,12H,6-7,10-11H2,1-3H3/t12-/m0/s1. The number of hydroxylamine groups is 2. The number of benzene rings is 1. The summed E-state index contributed by atoms with van der Waals surface area (Å²) < 4.78 is 5.33. The zero-order valence-corrected chi connectivity index (χ0v) is 15.6. The zero-order valence-electron chi connectivity index (χ0n) is 15.6. The number of rotatable bonds is 2. The highest BCUT2D eigenvalue weighted by molar-refractivity contribution is 6.20. The third-order valence-electron chi connectivity index (χ3n) is 4.34. The highest BCUT2D eigenvalue weighted by Gasteiger charge is 2.41. The molecule has 0 aromatic heterocycles. The molecule has 144 valence electrons. The molecule has 0 saturated carbocycles. The maximum absolute atomic E-state index is 12.5. The summed E-state index contributed by atoms with van der Waals surface area (Å²) >= 11 is 0.